The van der Waals surface area contributed by atoms with Crippen molar-refractivity contribution in [2.45, 2.75) is 71.8 Å². The summed E-state index contributed by atoms with van der Waals surface area (Å²) in [6.45, 7) is 6.12. The first kappa shape index (κ1) is 21.5. The van der Waals surface area contributed by atoms with Gasteiger partial charge in [0.2, 0.25) is 0 Å². The molecule has 0 saturated heterocycles. The van der Waals surface area contributed by atoms with Crippen LogP contribution in [0.4, 0.5) is 0 Å². The summed E-state index contributed by atoms with van der Waals surface area (Å²) in [5.74, 6) is 1.40. The number of hydrogen-bond acceptors (Lipinski definition) is 4. The molecule has 0 amide bonds. The predicted molar refractivity (Wildman–Crippen MR) is 125 cm³/mol. The summed E-state index contributed by atoms with van der Waals surface area (Å²) in [5.41, 5.74) is 10.4. The SMILES string of the molecule is CC(=O)O[C@H]1CC[C@@]2(C)C(=CC[C@@H]3[C@@H]2CC[C@]2(C)C(=O)C(c4ccccc4)=C(N)C[C@@H]32)C1. The summed E-state index contributed by atoms with van der Waals surface area (Å²) in [5, 5.41) is 0. The number of ketones is 1. The quantitative estimate of drug-likeness (QED) is 0.499. The number of hydrogen-bond donors (Lipinski definition) is 1. The van der Waals surface area contributed by atoms with Gasteiger partial charge in [-0.2, -0.15) is 0 Å². The molecule has 0 aliphatic heterocycles. The van der Waals surface area contributed by atoms with Crippen LogP contribution in [-0.4, -0.2) is 17.9 Å². The van der Waals surface area contributed by atoms with Crippen molar-refractivity contribution in [3.05, 3.63) is 53.2 Å². The number of carbonyl (C=O) groups excluding carboxylic acids is 2. The lowest BCUT2D eigenvalue weighted by Gasteiger charge is -2.59. The Labute approximate surface area is 191 Å². The molecule has 4 aliphatic carbocycles. The van der Waals surface area contributed by atoms with E-state index in [1.807, 2.05) is 30.3 Å². The minimum atomic E-state index is -0.341. The molecule has 6 atom stereocenters. The highest BCUT2D eigenvalue weighted by Gasteiger charge is 2.58. The van der Waals surface area contributed by atoms with E-state index in [1.165, 1.54) is 12.5 Å². The number of rotatable bonds is 2. The fraction of sp³-hybridized carbons (Fsp3) is 0.571. The van der Waals surface area contributed by atoms with E-state index < -0.39 is 0 Å². The van der Waals surface area contributed by atoms with Crippen molar-refractivity contribution in [3.8, 4) is 0 Å². The number of carbonyl (C=O) groups is 2. The zero-order valence-corrected chi connectivity index (χ0v) is 19.5. The summed E-state index contributed by atoms with van der Waals surface area (Å²) in [7, 11) is 0. The first-order chi connectivity index (χ1) is 15.2. The van der Waals surface area contributed by atoms with Crippen LogP contribution in [0.5, 0.6) is 0 Å². The van der Waals surface area contributed by atoms with Crippen LogP contribution < -0.4 is 5.73 Å². The molecular weight excluding hydrogens is 398 g/mol. The molecule has 0 heterocycles. The van der Waals surface area contributed by atoms with Crippen molar-refractivity contribution in [1.82, 2.24) is 0 Å². The average molecular weight is 434 g/mol. The molecule has 4 nitrogen and oxygen atoms in total. The largest absolute Gasteiger partial charge is 0.462 e. The Kier molecular flexibility index (Phi) is 5.11. The molecule has 4 heteroatoms. The highest BCUT2D eigenvalue weighted by atomic mass is 16.5. The lowest BCUT2D eigenvalue weighted by molar-refractivity contribution is -0.148. The zero-order valence-electron chi connectivity index (χ0n) is 19.5. The first-order valence-corrected chi connectivity index (χ1v) is 12.2. The van der Waals surface area contributed by atoms with E-state index in [0.717, 1.165) is 61.8 Å². The summed E-state index contributed by atoms with van der Waals surface area (Å²) in [4.78, 5) is 25.3. The van der Waals surface area contributed by atoms with E-state index in [0.29, 0.717) is 17.8 Å². The van der Waals surface area contributed by atoms with Crippen LogP contribution in [0.1, 0.15) is 71.3 Å². The molecule has 0 radical (unpaired) electrons. The molecule has 170 valence electrons. The second kappa shape index (κ2) is 7.60. The van der Waals surface area contributed by atoms with Crippen LogP contribution in [0.2, 0.25) is 0 Å². The summed E-state index contributed by atoms with van der Waals surface area (Å²) in [6, 6.07) is 9.96. The van der Waals surface area contributed by atoms with E-state index in [-0.39, 0.29) is 28.7 Å². The maximum atomic E-state index is 13.9. The van der Waals surface area contributed by atoms with Gasteiger partial charge in [-0.05, 0) is 67.3 Å². The smallest absolute Gasteiger partial charge is 0.302 e. The molecule has 0 unspecified atom stereocenters. The molecule has 2 fully saturated rings. The maximum absolute atomic E-state index is 13.9. The van der Waals surface area contributed by atoms with Crippen molar-refractivity contribution in [2.75, 3.05) is 0 Å². The highest BCUT2D eigenvalue weighted by Crippen LogP contribution is 2.64. The molecule has 1 aromatic rings. The van der Waals surface area contributed by atoms with Crippen molar-refractivity contribution in [3.63, 3.8) is 0 Å². The monoisotopic (exact) mass is 433 g/mol. The first-order valence-electron chi connectivity index (χ1n) is 12.2. The Morgan fingerprint density at radius 1 is 1.03 bits per heavy atom. The molecule has 32 heavy (non-hydrogen) atoms. The van der Waals surface area contributed by atoms with Gasteiger partial charge in [0.1, 0.15) is 6.10 Å². The maximum Gasteiger partial charge on any atom is 0.302 e. The normalized spacial score (nSPS) is 38.8. The highest BCUT2D eigenvalue weighted by molar-refractivity contribution is 6.24. The van der Waals surface area contributed by atoms with E-state index in [2.05, 4.69) is 19.9 Å². The van der Waals surface area contributed by atoms with Gasteiger partial charge < -0.3 is 10.5 Å². The summed E-state index contributed by atoms with van der Waals surface area (Å²) >= 11 is 0. The fourth-order valence-electron chi connectivity index (χ4n) is 7.63. The lowest BCUT2D eigenvalue weighted by atomic mass is 9.45. The summed E-state index contributed by atoms with van der Waals surface area (Å²) < 4.78 is 5.56. The van der Waals surface area contributed by atoms with Crippen molar-refractivity contribution in [1.29, 1.82) is 0 Å². The number of benzene rings is 1. The molecular formula is C28H35NO3. The summed E-state index contributed by atoms with van der Waals surface area (Å²) in [6.07, 6.45) is 9.09. The van der Waals surface area contributed by atoms with E-state index >= 15 is 0 Å². The van der Waals surface area contributed by atoms with Crippen LogP contribution in [0.3, 0.4) is 0 Å². The minimum Gasteiger partial charge on any atom is -0.462 e. The van der Waals surface area contributed by atoms with Crippen molar-refractivity contribution < 1.29 is 14.3 Å². The molecule has 0 spiro atoms. The Morgan fingerprint density at radius 3 is 2.47 bits per heavy atom. The standard InChI is InChI=1S/C28H35NO3/c1-17(30)32-20-11-13-27(2)19(15-20)9-10-21-22(27)12-14-28(3)23(21)16-24(29)25(26(28)31)18-7-5-4-6-8-18/h4-9,20-23H,10-16,29H2,1-3H3/t20-,21+,22-,23-,27-,28-/m0/s1. The Morgan fingerprint density at radius 2 is 1.75 bits per heavy atom. The van der Waals surface area contributed by atoms with Crippen LogP contribution >= 0.6 is 0 Å². The molecule has 0 bridgehead atoms. The molecule has 4 aliphatic rings. The van der Waals surface area contributed by atoms with E-state index in [9.17, 15) is 9.59 Å². The molecule has 1 aromatic carbocycles. The van der Waals surface area contributed by atoms with Crippen LogP contribution in [0.15, 0.2) is 47.7 Å². The molecule has 5 rings (SSSR count). The van der Waals surface area contributed by atoms with Gasteiger partial charge in [0.15, 0.2) is 5.78 Å². The fourth-order valence-corrected chi connectivity index (χ4v) is 7.63. The number of fused-ring (bicyclic) bond motifs is 5. The van der Waals surface area contributed by atoms with Gasteiger partial charge in [-0.3, -0.25) is 9.59 Å². The van der Waals surface area contributed by atoms with Gasteiger partial charge >= 0.3 is 5.97 Å². The number of esters is 1. The lowest BCUT2D eigenvalue weighted by Crippen LogP contribution is -2.55. The second-order valence-electron chi connectivity index (χ2n) is 11.0. The second-order valence-corrected chi connectivity index (χ2v) is 11.0. The van der Waals surface area contributed by atoms with Crippen LogP contribution in [-0.2, 0) is 14.3 Å². The Bertz CT molecular complexity index is 1010. The zero-order chi connectivity index (χ0) is 22.7. The van der Waals surface area contributed by atoms with Crippen molar-refractivity contribution in [2.24, 2.45) is 34.3 Å². The van der Waals surface area contributed by atoms with Gasteiger partial charge in [0.05, 0.1) is 0 Å². The van der Waals surface area contributed by atoms with Gasteiger partial charge in [0, 0.05) is 30.0 Å². The number of nitrogens with two attached hydrogens (primary N) is 1. The Balaban J connectivity index is 1.47. The third-order valence-corrected chi connectivity index (χ3v) is 9.35. The van der Waals surface area contributed by atoms with Gasteiger partial charge in [-0.15, -0.1) is 0 Å². The number of Topliss-reactive ketones (excluding diaryl/α,β-unsaturated/α-hetero) is 1. The molecule has 0 aromatic heterocycles. The topological polar surface area (TPSA) is 69.4 Å². The minimum absolute atomic E-state index is 0.0144. The number of ether oxygens (including phenoxy) is 1. The van der Waals surface area contributed by atoms with Crippen LogP contribution in [0.25, 0.3) is 5.57 Å². The molecule has 2 N–H and O–H groups in total. The van der Waals surface area contributed by atoms with Gasteiger partial charge in [0.25, 0.3) is 0 Å². The average Bonchev–Trinajstić information content (AvgIpc) is 2.75. The third kappa shape index (κ3) is 3.17. The Hall–Kier alpha value is -2.36. The van der Waals surface area contributed by atoms with Gasteiger partial charge in [-0.25, -0.2) is 0 Å². The van der Waals surface area contributed by atoms with Crippen LogP contribution in [0, 0.1) is 28.6 Å². The number of allylic oxidation sites excluding steroid dienone is 3. The van der Waals surface area contributed by atoms with Gasteiger partial charge in [-0.1, -0.05) is 55.8 Å². The van der Waals surface area contributed by atoms with Crippen molar-refractivity contribution >= 4 is 17.3 Å². The predicted octanol–water partition coefficient (Wildman–Crippen LogP) is 5.43. The third-order valence-electron chi connectivity index (χ3n) is 9.35. The van der Waals surface area contributed by atoms with E-state index in [4.69, 9.17) is 10.5 Å². The van der Waals surface area contributed by atoms with E-state index in [1.54, 1.807) is 0 Å². The molecule has 2 saturated carbocycles.